The number of hydrogen-bond acceptors (Lipinski definition) is 2. The normalized spacial score (nSPS) is 11.0. The molecule has 0 aromatic heterocycles. The summed E-state index contributed by atoms with van der Waals surface area (Å²) in [5.41, 5.74) is 3.54. The number of nitrogens with zero attached hydrogens (tertiary/aromatic N) is 1. The number of carbonyl (C=O) groups excluding carboxylic acids is 1. The van der Waals surface area contributed by atoms with E-state index in [4.69, 9.17) is 4.74 Å². The summed E-state index contributed by atoms with van der Waals surface area (Å²) >= 11 is 0. The Balaban J connectivity index is 1.67. The van der Waals surface area contributed by atoms with Crippen molar-refractivity contribution in [2.24, 2.45) is 0 Å². The van der Waals surface area contributed by atoms with Crippen LogP contribution in [0, 0.1) is 11.8 Å². The summed E-state index contributed by atoms with van der Waals surface area (Å²) in [4.78, 5) is 14.4. The van der Waals surface area contributed by atoms with Crippen molar-refractivity contribution in [2.45, 2.75) is 13.0 Å². The van der Waals surface area contributed by atoms with Gasteiger partial charge in [0.1, 0.15) is 5.75 Å². The lowest BCUT2D eigenvalue weighted by molar-refractivity contribution is 0.208. The highest BCUT2D eigenvalue weighted by Gasteiger charge is 2.17. The minimum atomic E-state index is -0.179. The van der Waals surface area contributed by atoms with E-state index in [1.807, 2.05) is 85.8 Å². The van der Waals surface area contributed by atoms with Gasteiger partial charge in [0.25, 0.3) is 0 Å². The molecule has 0 aliphatic rings. The maximum atomic E-state index is 12.7. The maximum Gasteiger partial charge on any atom is 0.322 e. The first-order chi connectivity index (χ1) is 14.1. The van der Waals surface area contributed by atoms with Gasteiger partial charge in [0.2, 0.25) is 0 Å². The van der Waals surface area contributed by atoms with E-state index in [0.29, 0.717) is 5.69 Å². The average molecular weight is 384 g/mol. The predicted octanol–water partition coefficient (Wildman–Crippen LogP) is 5.32. The smallest absolute Gasteiger partial charge is 0.322 e. The molecule has 0 fully saturated rings. The minimum absolute atomic E-state index is 0.0815. The van der Waals surface area contributed by atoms with Gasteiger partial charge >= 0.3 is 6.03 Å². The number of ether oxygens (including phenoxy) is 1. The Bertz CT molecular complexity index is 1020. The molecular weight excluding hydrogens is 360 g/mol. The molecule has 3 aromatic carbocycles. The summed E-state index contributed by atoms with van der Waals surface area (Å²) in [6.07, 6.45) is 0. The third-order valence-electron chi connectivity index (χ3n) is 4.74. The van der Waals surface area contributed by atoms with Crippen LogP contribution in [0.3, 0.4) is 0 Å². The summed E-state index contributed by atoms with van der Waals surface area (Å²) in [5.74, 6) is 7.06. The lowest BCUT2D eigenvalue weighted by Gasteiger charge is -2.25. The standard InChI is InChI=1S/C25H24N2O2/c1-19(22-14-16-24(29-3)17-15-22)27(2)25(28)26-23-11-7-10-21(18-23)13-12-20-8-5-4-6-9-20/h4-11,14-19H,1-3H3,(H,26,28). The van der Waals surface area contributed by atoms with Crippen LogP contribution in [0.2, 0.25) is 0 Å². The van der Waals surface area contributed by atoms with Gasteiger partial charge in [-0.05, 0) is 55.0 Å². The zero-order chi connectivity index (χ0) is 20.6. The van der Waals surface area contributed by atoms with Gasteiger partial charge in [-0.3, -0.25) is 0 Å². The number of methoxy groups -OCH3 is 1. The van der Waals surface area contributed by atoms with Crippen LogP contribution in [0.25, 0.3) is 0 Å². The van der Waals surface area contributed by atoms with Crippen LogP contribution in [0.15, 0.2) is 78.9 Å². The second-order valence-electron chi connectivity index (χ2n) is 6.69. The molecule has 0 spiro atoms. The Morgan fingerprint density at radius 2 is 1.59 bits per heavy atom. The molecule has 0 radical (unpaired) electrons. The topological polar surface area (TPSA) is 41.6 Å². The molecule has 1 N–H and O–H groups in total. The van der Waals surface area contributed by atoms with Gasteiger partial charge < -0.3 is 15.0 Å². The fourth-order valence-corrected chi connectivity index (χ4v) is 2.83. The first-order valence-corrected chi connectivity index (χ1v) is 9.41. The highest BCUT2D eigenvalue weighted by molar-refractivity contribution is 5.89. The molecule has 29 heavy (non-hydrogen) atoms. The van der Waals surface area contributed by atoms with Gasteiger partial charge in [-0.1, -0.05) is 48.2 Å². The van der Waals surface area contributed by atoms with Crippen LogP contribution in [-0.4, -0.2) is 25.1 Å². The zero-order valence-electron chi connectivity index (χ0n) is 16.8. The monoisotopic (exact) mass is 384 g/mol. The van der Waals surface area contributed by atoms with Crippen LogP contribution in [0.4, 0.5) is 10.5 Å². The van der Waals surface area contributed by atoms with Crippen LogP contribution in [-0.2, 0) is 0 Å². The minimum Gasteiger partial charge on any atom is -0.497 e. The zero-order valence-corrected chi connectivity index (χ0v) is 16.8. The summed E-state index contributed by atoms with van der Waals surface area (Å²) in [5, 5.41) is 2.95. The van der Waals surface area contributed by atoms with E-state index < -0.39 is 0 Å². The molecule has 0 heterocycles. The van der Waals surface area contributed by atoms with Gasteiger partial charge in [-0.15, -0.1) is 0 Å². The first kappa shape index (κ1) is 20.0. The molecular formula is C25H24N2O2. The molecule has 0 aliphatic carbocycles. The van der Waals surface area contributed by atoms with E-state index in [1.54, 1.807) is 19.1 Å². The van der Waals surface area contributed by atoms with E-state index >= 15 is 0 Å². The Hall–Kier alpha value is -3.71. The molecule has 1 atom stereocenters. The summed E-state index contributed by atoms with van der Waals surface area (Å²) in [6, 6.07) is 24.8. The van der Waals surface area contributed by atoms with Crippen molar-refractivity contribution >= 4 is 11.7 Å². The first-order valence-electron chi connectivity index (χ1n) is 9.41. The lowest BCUT2D eigenvalue weighted by atomic mass is 10.1. The van der Waals surface area contributed by atoms with E-state index in [-0.39, 0.29) is 12.1 Å². The number of hydrogen-bond donors (Lipinski definition) is 1. The second-order valence-corrected chi connectivity index (χ2v) is 6.69. The highest BCUT2D eigenvalue weighted by Crippen LogP contribution is 2.22. The van der Waals surface area contributed by atoms with Crippen molar-refractivity contribution in [3.05, 3.63) is 95.6 Å². The van der Waals surface area contributed by atoms with E-state index in [1.165, 1.54) is 0 Å². The summed E-state index contributed by atoms with van der Waals surface area (Å²) in [6.45, 7) is 1.99. The van der Waals surface area contributed by atoms with Crippen molar-refractivity contribution in [1.29, 1.82) is 0 Å². The van der Waals surface area contributed by atoms with Gasteiger partial charge in [-0.2, -0.15) is 0 Å². The largest absolute Gasteiger partial charge is 0.497 e. The number of urea groups is 1. The molecule has 0 saturated carbocycles. The SMILES string of the molecule is COc1ccc(C(C)N(C)C(=O)Nc2cccc(C#Cc3ccccc3)c2)cc1. The van der Waals surface area contributed by atoms with Crippen LogP contribution >= 0.6 is 0 Å². The van der Waals surface area contributed by atoms with E-state index in [9.17, 15) is 4.79 Å². The molecule has 3 rings (SSSR count). The Morgan fingerprint density at radius 1 is 0.931 bits per heavy atom. The number of nitrogens with one attached hydrogen (secondary N) is 1. The van der Waals surface area contributed by atoms with Crippen molar-refractivity contribution < 1.29 is 9.53 Å². The van der Waals surface area contributed by atoms with E-state index in [2.05, 4.69) is 17.2 Å². The second kappa shape index (κ2) is 9.48. The van der Waals surface area contributed by atoms with Crippen molar-refractivity contribution in [1.82, 2.24) is 4.90 Å². The van der Waals surface area contributed by atoms with Crippen molar-refractivity contribution in [3.8, 4) is 17.6 Å². The fourth-order valence-electron chi connectivity index (χ4n) is 2.83. The van der Waals surface area contributed by atoms with Crippen LogP contribution < -0.4 is 10.1 Å². The Morgan fingerprint density at radius 3 is 2.28 bits per heavy atom. The number of rotatable bonds is 4. The summed E-state index contributed by atoms with van der Waals surface area (Å²) in [7, 11) is 3.42. The van der Waals surface area contributed by atoms with Gasteiger partial charge in [0.05, 0.1) is 13.2 Å². The summed E-state index contributed by atoms with van der Waals surface area (Å²) < 4.78 is 5.19. The van der Waals surface area contributed by atoms with Crippen molar-refractivity contribution in [2.75, 3.05) is 19.5 Å². The quantitative estimate of drug-likeness (QED) is 0.619. The Labute approximate surface area is 172 Å². The number of amides is 2. The maximum absolute atomic E-state index is 12.7. The van der Waals surface area contributed by atoms with E-state index in [0.717, 1.165) is 22.4 Å². The molecule has 3 aromatic rings. The molecule has 4 heteroatoms. The molecule has 2 amide bonds. The Kier molecular flexibility index (Phi) is 6.55. The molecule has 0 saturated heterocycles. The fraction of sp³-hybridized carbons (Fsp3) is 0.160. The van der Waals surface area contributed by atoms with Gasteiger partial charge in [-0.25, -0.2) is 4.79 Å². The number of carbonyl (C=O) groups is 1. The average Bonchev–Trinajstić information content (AvgIpc) is 2.77. The predicted molar refractivity (Wildman–Crippen MR) is 117 cm³/mol. The third kappa shape index (κ3) is 5.40. The molecule has 146 valence electrons. The third-order valence-corrected chi connectivity index (χ3v) is 4.74. The molecule has 4 nitrogen and oxygen atoms in total. The highest BCUT2D eigenvalue weighted by atomic mass is 16.5. The van der Waals surface area contributed by atoms with Crippen molar-refractivity contribution in [3.63, 3.8) is 0 Å². The molecule has 0 aliphatic heterocycles. The van der Waals surface area contributed by atoms with Crippen LogP contribution in [0.1, 0.15) is 29.7 Å². The lowest BCUT2D eigenvalue weighted by Crippen LogP contribution is -2.33. The van der Waals surface area contributed by atoms with Gasteiger partial charge in [0, 0.05) is 23.9 Å². The molecule has 1 unspecified atom stereocenters. The van der Waals surface area contributed by atoms with Gasteiger partial charge in [0.15, 0.2) is 0 Å². The number of benzene rings is 3. The van der Waals surface area contributed by atoms with Crippen LogP contribution in [0.5, 0.6) is 5.75 Å². The number of anilines is 1. The molecule has 0 bridgehead atoms.